The zero-order chi connectivity index (χ0) is 15.3. The molecule has 0 saturated heterocycles. The molecule has 0 aliphatic heterocycles. The molecule has 21 heavy (non-hydrogen) atoms. The normalized spacial score (nSPS) is 13.5. The molecule has 0 radical (unpaired) electrons. The van der Waals surface area contributed by atoms with Gasteiger partial charge in [0.05, 0.1) is 6.07 Å². The largest absolute Gasteiger partial charge is 0.623 e. The number of hydrogen-bond donors (Lipinski definition) is 0. The first-order valence-corrected chi connectivity index (χ1v) is 6.86. The Kier molecular flexibility index (Phi) is 4.39. The summed E-state index contributed by atoms with van der Waals surface area (Å²) in [5, 5.41) is 22.0. The maximum absolute atomic E-state index is 12.6. The summed E-state index contributed by atoms with van der Waals surface area (Å²) in [7, 11) is 0. The van der Waals surface area contributed by atoms with Crippen LogP contribution < -0.4 is 0 Å². The maximum Gasteiger partial charge on any atom is 0.206 e. The summed E-state index contributed by atoms with van der Waals surface area (Å²) >= 11 is 0. The molecule has 0 fully saturated rings. The molecule has 0 bridgehead atoms. The van der Waals surface area contributed by atoms with Crippen LogP contribution in [0.15, 0.2) is 60.7 Å². The van der Waals surface area contributed by atoms with Gasteiger partial charge in [-0.15, -0.1) is 0 Å². The highest BCUT2D eigenvalue weighted by Gasteiger charge is 2.37. The quantitative estimate of drug-likeness (QED) is 0.368. The Hall–Kier alpha value is -2.60. The van der Waals surface area contributed by atoms with Gasteiger partial charge in [0.15, 0.2) is 6.21 Å². The van der Waals surface area contributed by atoms with Gasteiger partial charge in [0, 0.05) is 11.1 Å². The van der Waals surface area contributed by atoms with Crippen LogP contribution >= 0.6 is 0 Å². The van der Waals surface area contributed by atoms with Gasteiger partial charge in [0.1, 0.15) is 5.41 Å². The van der Waals surface area contributed by atoms with Crippen molar-refractivity contribution >= 4 is 6.21 Å². The van der Waals surface area contributed by atoms with E-state index in [1.165, 1.54) is 6.21 Å². The minimum Gasteiger partial charge on any atom is -0.623 e. The Labute approximate surface area is 125 Å². The Morgan fingerprint density at radius 2 is 1.57 bits per heavy atom. The summed E-state index contributed by atoms with van der Waals surface area (Å²) in [5.41, 5.74) is 0.863. The molecule has 0 spiro atoms. The van der Waals surface area contributed by atoms with Gasteiger partial charge < -0.3 is 5.21 Å². The van der Waals surface area contributed by atoms with Crippen molar-refractivity contribution in [2.45, 2.75) is 19.9 Å². The summed E-state index contributed by atoms with van der Waals surface area (Å²) in [4.78, 5) is 0. The van der Waals surface area contributed by atoms with Gasteiger partial charge in [0.25, 0.3) is 0 Å². The molecule has 2 aromatic carbocycles. The van der Waals surface area contributed by atoms with E-state index in [2.05, 4.69) is 6.07 Å². The van der Waals surface area contributed by atoms with Crippen LogP contribution in [0.25, 0.3) is 0 Å². The molecule has 0 heterocycles. The zero-order valence-corrected chi connectivity index (χ0v) is 12.2. The Morgan fingerprint density at radius 3 is 2.10 bits per heavy atom. The molecule has 0 aliphatic rings. The van der Waals surface area contributed by atoms with Crippen LogP contribution in [0.5, 0.6) is 0 Å². The first-order chi connectivity index (χ1) is 10.0. The fourth-order valence-electron chi connectivity index (χ4n) is 2.34. The van der Waals surface area contributed by atoms with Crippen LogP contribution in [0.3, 0.4) is 0 Å². The molecule has 2 aromatic rings. The number of hydrogen-bond acceptors (Lipinski definition) is 2. The summed E-state index contributed by atoms with van der Waals surface area (Å²) in [6.45, 7) is 3.57. The number of nitriles is 1. The van der Waals surface area contributed by atoms with E-state index < -0.39 is 11.5 Å². The first-order valence-electron chi connectivity index (χ1n) is 6.86. The van der Waals surface area contributed by atoms with Crippen LogP contribution in [-0.4, -0.2) is 11.0 Å². The highest BCUT2D eigenvalue weighted by Crippen LogP contribution is 2.35. The van der Waals surface area contributed by atoms with Gasteiger partial charge in [0.2, 0.25) is 6.04 Å². The predicted molar refractivity (Wildman–Crippen MR) is 83.8 cm³/mol. The van der Waals surface area contributed by atoms with Crippen LogP contribution in [-0.2, 0) is 0 Å². The van der Waals surface area contributed by atoms with Crippen molar-refractivity contribution in [2.24, 2.45) is 5.41 Å². The molecule has 2 rings (SSSR count). The molecular weight excluding hydrogens is 260 g/mol. The molecule has 3 heteroatoms. The fraction of sp³-hybridized carbons (Fsp3) is 0.222. The fourth-order valence-corrected chi connectivity index (χ4v) is 2.34. The lowest BCUT2D eigenvalue weighted by atomic mass is 9.82. The van der Waals surface area contributed by atoms with Crippen LogP contribution in [0, 0.1) is 22.0 Å². The molecule has 106 valence electrons. The third-order valence-electron chi connectivity index (χ3n) is 3.42. The van der Waals surface area contributed by atoms with Gasteiger partial charge in [-0.1, -0.05) is 48.5 Å². The second-order valence-electron chi connectivity index (χ2n) is 5.55. The van der Waals surface area contributed by atoms with E-state index in [0.717, 1.165) is 15.9 Å². The first kappa shape index (κ1) is 14.8. The minimum atomic E-state index is -0.797. The van der Waals surface area contributed by atoms with Gasteiger partial charge in [-0.05, 0) is 26.0 Å². The topological polar surface area (TPSA) is 49.9 Å². The van der Waals surface area contributed by atoms with Gasteiger partial charge in [-0.2, -0.15) is 5.26 Å². The number of benzene rings is 2. The second-order valence-corrected chi connectivity index (χ2v) is 5.55. The number of nitrogens with zero attached hydrogens (tertiary/aromatic N) is 2. The van der Waals surface area contributed by atoms with E-state index in [1.54, 1.807) is 13.8 Å². The standard InChI is InChI=1S/C18H18N2O/c1-18(2,14-19)17(16-11-7-4-8-12-16)20(21)13-15-9-5-3-6-10-15/h3-13,17H,1-2H3/b20-13-. The van der Waals surface area contributed by atoms with Gasteiger partial charge >= 0.3 is 0 Å². The summed E-state index contributed by atoms with van der Waals surface area (Å²) < 4.78 is 0.883. The monoisotopic (exact) mass is 278 g/mol. The average molecular weight is 278 g/mol. The van der Waals surface area contributed by atoms with Crippen molar-refractivity contribution in [3.8, 4) is 6.07 Å². The van der Waals surface area contributed by atoms with Crippen LogP contribution in [0.1, 0.15) is 31.0 Å². The third-order valence-corrected chi connectivity index (χ3v) is 3.42. The van der Waals surface area contributed by atoms with E-state index in [1.807, 2.05) is 60.7 Å². The summed E-state index contributed by atoms with van der Waals surface area (Å²) in [6.07, 6.45) is 1.54. The SMILES string of the molecule is CC(C)(C#N)C(c1ccccc1)/[N+]([O-])=C/c1ccccc1. The van der Waals surface area contributed by atoms with Crippen LogP contribution in [0.2, 0.25) is 0 Å². The van der Waals surface area contributed by atoms with Crippen LogP contribution in [0.4, 0.5) is 0 Å². The van der Waals surface area contributed by atoms with E-state index in [0.29, 0.717) is 0 Å². The minimum absolute atomic E-state index is 0.552. The van der Waals surface area contributed by atoms with Gasteiger partial charge in [-0.3, -0.25) is 0 Å². The molecule has 3 nitrogen and oxygen atoms in total. The Morgan fingerprint density at radius 1 is 1.05 bits per heavy atom. The van der Waals surface area contributed by atoms with Gasteiger partial charge in [-0.25, -0.2) is 4.74 Å². The molecule has 0 aromatic heterocycles. The smallest absolute Gasteiger partial charge is 0.206 e. The van der Waals surface area contributed by atoms with Crippen molar-refractivity contribution in [3.63, 3.8) is 0 Å². The predicted octanol–water partition coefficient (Wildman–Crippen LogP) is 3.91. The van der Waals surface area contributed by atoms with E-state index in [4.69, 9.17) is 0 Å². The molecular formula is C18H18N2O. The highest BCUT2D eigenvalue weighted by atomic mass is 16.5. The van der Waals surface area contributed by atoms with Crippen molar-refractivity contribution in [3.05, 3.63) is 77.0 Å². The molecule has 0 amide bonds. The molecule has 1 unspecified atom stereocenters. The van der Waals surface area contributed by atoms with Crippen molar-refractivity contribution in [1.82, 2.24) is 0 Å². The van der Waals surface area contributed by atoms with Crippen molar-refractivity contribution in [2.75, 3.05) is 0 Å². The lowest BCUT2D eigenvalue weighted by Gasteiger charge is -2.26. The zero-order valence-electron chi connectivity index (χ0n) is 12.2. The maximum atomic E-state index is 12.6. The summed E-state index contributed by atoms with van der Waals surface area (Å²) in [5.74, 6) is 0. The molecule has 1 atom stereocenters. The van der Waals surface area contributed by atoms with E-state index in [9.17, 15) is 10.5 Å². The lowest BCUT2D eigenvalue weighted by Crippen LogP contribution is -2.29. The molecule has 0 N–H and O–H groups in total. The second kappa shape index (κ2) is 6.23. The average Bonchev–Trinajstić information content (AvgIpc) is 2.49. The Bertz CT molecular complexity index is 655. The molecule has 0 aliphatic carbocycles. The van der Waals surface area contributed by atoms with E-state index >= 15 is 0 Å². The number of hydroxylamine groups is 1. The third kappa shape index (κ3) is 3.49. The van der Waals surface area contributed by atoms with Crippen molar-refractivity contribution in [1.29, 1.82) is 5.26 Å². The Balaban J connectivity index is 2.46. The van der Waals surface area contributed by atoms with Crippen molar-refractivity contribution < 1.29 is 4.74 Å². The summed E-state index contributed by atoms with van der Waals surface area (Å²) in [6, 6.07) is 20.5. The lowest BCUT2D eigenvalue weighted by molar-refractivity contribution is -0.519. The highest BCUT2D eigenvalue weighted by molar-refractivity contribution is 5.75. The molecule has 0 saturated carbocycles. The van der Waals surface area contributed by atoms with E-state index in [-0.39, 0.29) is 0 Å². The number of rotatable bonds is 4.